The van der Waals surface area contributed by atoms with Gasteiger partial charge in [0.2, 0.25) is 15.9 Å². The van der Waals surface area contributed by atoms with Gasteiger partial charge in [-0.1, -0.05) is 0 Å². The van der Waals surface area contributed by atoms with E-state index in [0.29, 0.717) is 18.8 Å². The molecule has 0 aromatic heterocycles. The lowest BCUT2D eigenvalue weighted by atomic mass is 10.2. The summed E-state index contributed by atoms with van der Waals surface area (Å²) in [4.78, 5) is 26.0. The van der Waals surface area contributed by atoms with Gasteiger partial charge in [-0.3, -0.25) is 15.0 Å². The highest BCUT2D eigenvalue weighted by atomic mass is 32.2. The fraction of sp³-hybridized carbons (Fsp3) is 0.556. The topological polar surface area (TPSA) is 108 Å². The molecule has 10 heteroatoms. The zero-order valence-corrected chi connectivity index (χ0v) is 17.5. The van der Waals surface area contributed by atoms with E-state index in [1.54, 1.807) is 32.9 Å². The lowest BCUT2D eigenvalue weighted by molar-refractivity contribution is -0.125. The number of piperazine rings is 1. The van der Waals surface area contributed by atoms with Gasteiger partial charge in [0.25, 0.3) is 0 Å². The smallest absolute Gasteiger partial charge is 0.321 e. The van der Waals surface area contributed by atoms with E-state index < -0.39 is 28.0 Å². The Kier molecular flexibility index (Phi) is 7.39. The summed E-state index contributed by atoms with van der Waals surface area (Å²) < 4.78 is 32.0. The summed E-state index contributed by atoms with van der Waals surface area (Å²) in [5.41, 5.74) is 0. The van der Waals surface area contributed by atoms with Crippen molar-refractivity contribution in [3.63, 3.8) is 0 Å². The van der Waals surface area contributed by atoms with Crippen LogP contribution in [0, 0.1) is 0 Å². The van der Waals surface area contributed by atoms with E-state index in [9.17, 15) is 18.0 Å². The molecule has 156 valence electrons. The molecule has 9 nitrogen and oxygen atoms in total. The van der Waals surface area contributed by atoms with Gasteiger partial charge in [0.05, 0.1) is 18.0 Å². The van der Waals surface area contributed by atoms with Crippen LogP contribution in [0.2, 0.25) is 0 Å². The first-order valence-electron chi connectivity index (χ1n) is 9.14. The van der Waals surface area contributed by atoms with Crippen molar-refractivity contribution in [3.8, 4) is 5.75 Å². The van der Waals surface area contributed by atoms with Crippen LogP contribution >= 0.6 is 0 Å². The van der Waals surface area contributed by atoms with E-state index in [4.69, 9.17) is 4.74 Å². The fourth-order valence-corrected chi connectivity index (χ4v) is 4.33. The van der Waals surface area contributed by atoms with Gasteiger partial charge in [0, 0.05) is 32.2 Å². The van der Waals surface area contributed by atoms with E-state index in [1.165, 1.54) is 23.5 Å². The second-order valence-corrected chi connectivity index (χ2v) is 8.85. The molecule has 1 fully saturated rings. The summed E-state index contributed by atoms with van der Waals surface area (Å²) >= 11 is 0. The van der Waals surface area contributed by atoms with E-state index in [-0.39, 0.29) is 24.0 Å². The van der Waals surface area contributed by atoms with Gasteiger partial charge in [-0.05, 0) is 45.0 Å². The Balaban J connectivity index is 1.93. The van der Waals surface area contributed by atoms with Crippen molar-refractivity contribution in [1.82, 2.24) is 19.8 Å². The predicted molar refractivity (Wildman–Crippen MR) is 105 cm³/mol. The number of urea groups is 1. The number of carbonyl (C=O) groups excluding carboxylic acids is 2. The molecule has 3 amide bonds. The second kappa shape index (κ2) is 9.35. The molecule has 1 aromatic rings. The number of rotatable bonds is 6. The molecule has 28 heavy (non-hydrogen) atoms. The van der Waals surface area contributed by atoms with Crippen LogP contribution in [-0.2, 0) is 14.8 Å². The molecule has 0 bridgehead atoms. The Bertz CT molecular complexity index is 787. The number of hydrogen-bond acceptors (Lipinski definition) is 6. The summed E-state index contributed by atoms with van der Waals surface area (Å²) in [5.74, 6) is 0.176. The number of methoxy groups -OCH3 is 1. The Morgan fingerprint density at radius 1 is 1.04 bits per heavy atom. The maximum Gasteiger partial charge on any atom is 0.321 e. The van der Waals surface area contributed by atoms with E-state index in [2.05, 4.69) is 10.6 Å². The Hall–Kier alpha value is -2.17. The summed E-state index contributed by atoms with van der Waals surface area (Å²) in [6, 6.07) is 5.11. The molecule has 0 aliphatic carbocycles. The number of nitrogens with one attached hydrogen (secondary N) is 2. The van der Waals surface area contributed by atoms with Gasteiger partial charge in [-0.25, -0.2) is 13.2 Å². The number of benzene rings is 1. The third kappa shape index (κ3) is 5.43. The van der Waals surface area contributed by atoms with Crippen molar-refractivity contribution in [2.45, 2.75) is 37.8 Å². The van der Waals surface area contributed by atoms with Crippen LogP contribution in [0.3, 0.4) is 0 Å². The standard InChI is InChI=1S/C18H28N4O5S/c1-13(2)19-18(24)20-17(23)14(3)21-9-11-22(12-10-21)28(25,26)16-7-5-15(27-4)6-8-16/h5-8,13-14H,9-12H2,1-4H3,(H2,19,20,23,24)/t14-/m0/s1. The number of ether oxygens (including phenoxy) is 1. The van der Waals surface area contributed by atoms with Crippen LogP contribution in [0.4, 0.5) is 4.79 Å². The Labute approximate surface area is 166 Å². The van der Waals surface area contributed by atoms with Gasteiger partial charge in [0.1, 0.15) is 5.75 Å². The SMILES string of the molecule is COc1ccc(S(=O)(=O)N2CCN([C@@H](C)C(=O)NC(=O)NC(C)C)CC2)cc1. The molecular weight excluding hydrogens is 384 g/mol. The molecule has 1 saturated heterocycles. The molecule has 2 rings (SSSR count). The van der Waals surface area contributed by atoms with Crippen molar-refractivity contribution in [2.24, 2.45) is 0 Å². The molecule has 1 atom stereocenters. The first-order valence-corrected chi connectivity index (χ1v) is 10.6. The van der Waals surface area contributed by atoms with Gasteiger partial charge in [-0.2, -0.15) is 4.31 Å². The summed E-state index contributed by atoms with van der Waals surface area (Å²) in [6.45, 7) is 6.64. The normalized spacial score (nSPS) is 17.2. The third-order valence-corrected chi connectivity index (χ3v) is 6.47. The van der Waals surface area contributed by atoms with Crippen molar-refractivity contribution in [1.29, 1.82) is 0 Å². The maximum absolute atomic E-state index is 12.8. The van der Waals surface area contributed by atoms with Crippen molar-refractivity contribution < 1.29 is 22.7 Å². The average molecular weight is 413 g/mol. The molecule has 0 unspecified atom stereocenters. The van der Waals surface area contributed by atoms with Crippen molar-refractivity contribution in [3.05, 3.63) is 24.3 Å². The third-order valence-electron chi connectivity index (χ3n) is 4.55. The number of nitrogens with zero attached hydrogens (tertiary/aromatic N) is 2. The van der Waals surface area contributed by atoms with Crippen LogP contribution in [0.1, 0.15) is 20.8 Å². The van der Waals surface area contributed by atoms with Gasteiger partial charge < -0.3 is 10.1 Å². The number of carbonyl (C=O) groups is 2. The van der Waals surface area contributed by atoms with Crippen LogP contribution in [0.5, 0.6) is 5.75 Å². The highest BCUT2D eigenvalue weighted by molar-refractivity contribution is 7.89. The predicted octanol–water partition coefficient (Wildman–Crippen LogP) is 0.624. The highest BCUT2D eigenvalue weighted by Crippen LogP contribution is 2.21. The molecular formula is C18H28N4O5S. The Morgan fingerprint density at radius 2 is 1.61 bits per heavy atom. The molecule has 1 aliphatic heterocycles. The van der Waals surface area contributed by atoms with Gasteiger partial charge >= 0.3 is 6.03 Å². The number of amides is 3. The average Bonchev–Trinajstić information content (AvgIpc) is 2.66. The van der Waals surface area contributed by atoms with Crippen LogP contribution in [-0.4, -0.2) is 74.9 Å². The molecule has 0 spiro atoms. The number of sulfonamides is 1. The molecule has 0 saturated carbocycles. The zero-order chi connectivity index (χ0) is 20.9. The fourth-order valence-electron chi connectivity index (χ4n) is 2.91. The lowest BCUT2D eigenvalue weighted by Crippen LogP contribution is -2.56. The molecule has 1 aliphatic rings. The monoisotopic (exact) mass is 412 g/mol. The highest BCUT2D eigenvalue weighted by Gasteiger charge is 2.32. The number of hydrogen-bond donors (Lipinski definition) is 2. The van der Waals surface area contributed by atoms with Crippen LogP contribution in [0.25, 0.3) is 0 Å². The minimum absolute atomic E-state index is 0.0742. The Morgan fingerprint density at radius 3 is 2.11 bits per heavy atom. The summed E-state index contributed by atoms with van der Waals surface area (Å²) in [6.07, 6.45) is 0. The first kappa shape index (κ1) is 22.1. The minimum Gasteiger partial charge on any atom is -0.497 e. The molecule has 1 aromatic carbocycles. The zero-order valence-electron chi connectivity index (χ0n) is 16.6. The molecule has 2 N–H and O–H groups in total. The maximum atomic E-state index is 12.8. The van der Waals surface area contributed by atoms with Gasteiger partial charge in [-0.15, -0.1) is 0 Å². The summed E-state index contributed by atoms with van der Waals surface area (Å²) in [5, 5.41) is 4.91. The minimum atomic E-state index is -3.60. The first-order chi connectivity index (χ1) is 13.1. The molecule has 1 heterocycles. The van der Waals surface area contributed by atoms with Crippen LogP contribution < -0.4 is 15.4 Å². The van der Waals surface area contributed by atoms with E-state index in [0.717, 1.165) is 0 Å². The van der Waals surface area contributed by atoms with Crippen molar-refractivity contribution in [2.75, 3.05) is 33.3 Å². The van der Waals surface area contributed by atoms with E-state index >= 15 is 0 Å². The largest absolute Gasteiger partial charge is 0.497 e. The molecule has 0 radical (unpaired) electrons. The lowest BCUT2D eigenvalue weighted by Gasteiger charge is -2.36. The van der Waals surface area contributed by atoms with Crippen molar-refractivity contribution >= 4 is 22.0 Å². The van der Waals surface area contributed by atoms with E-state index in [1.807, 2.05) is 4.90 Å². The van der Waals surface area contributed by atoms with Crippen LogP contribution in [0.15, 0.2) is 29.2 Å². The summed E-state index contributed by atoms with van der Waals surface area (Å²) in [7, 11) is -2.08. The van der Waals surface area contributed by atoms with Gasteiger partial charge in [0.15, 0.2) is 0 Å². The number of imide groups is 1. The quantitative estimate of drug-likeness (QED) is 0.709. The second-order valence-electron chi connectivity index (χ2n) is 6.91.